The summed E-state index contributed by atoms with van der Waals surface area (Å²) in [5.74, 6) is -0.132. The van der Waals surface area contributed by atoms with E-state index in [1.165, 1.54) is 12.1 Å². The second-order valence-electron chi connectivity index (χ2n) is 6.77. The number of halogens is 1. The van der Waals surface area contributed by atoms with Crippen LogP contribution in [0.25, 0.3) is 0 Å². The Kier molecular flexibility index (Phi) is 4.48. The van der Waals surface area contributed by atoms with Crippen molar-refractivity contribution in [3.63, 3.8) is 0 Å². The van der Waals surface area contributed by atoms with Gasteiger partial charge in [-0.2, -0.15) is 0 Å². The van der Waals surface area contributed by atoms with E-state index in [0.717, 1.165) is 50.5 Å². The monoisotopic (exact) mass is 305 g/mol. The van der Waals surface area contributed by atoms with E-state index in [4.69, 9.17) is 0 Å². The van der Waals surface area contributed by atoms with Crippen molar-refractivity contribution in [2.45, 2.75) is 56.5 Å². The number of hydrogen-bond acceptors (Lipinski definition) is 2. The zero-order chi connectivity index (χ0) is 15.6. The zero-order valence-electron chi connectivity index (χ0n) is 12.9. The Morgan fingerprint density at radius 1 is 1.27 bits per heavy atom. The van der Waals surface area contributed by atoms with Crippen LogP contribution in [0.5, 0.6) is 0 Å². The summed E-state index contributed by atoms with van der Waals surface area (Å²) in [6.45, 7) is 0.525. The molecule has 0 spiro atoms. The highest BCUT2D eigenvalue weighted by Crippen LogP contribution is 2.41. The summed E-state index contributed by atoms with van der Waals surface area (Å²) in [6, 6.07) is 6.45. The normalized spacial score (nSPS) is 27.0. The molecule has 2 saturated carbocycles. The second-order valence-corrected chi connectivity index (χ2v) is 6.77. The van der Waals surface area contributed by atoms with Crippen molar-refractivity contribution in [2.75, 3.05) is 6.54 Å². The molecular formula is C18H24FNO2. The van der Waals surface area contributed by atoms with Crippen molar-refractivity contribution in [3.8, 4) is 0 Å². The lowest BCUT2D eigenvalue weighted by atomic mass is 9.78. The van der Waals surface area contributed by atoms with Gasteiger partial charge in [-0.05, 0) is 43.4 Å². The number of benzene rings is 1. The molecule has 3 rings (SSSR count). The van der Waals surface area contributed by atoms with Crippen LogP contribution >= 0.6 is 0 Å². The van der Waals surface area contributed by atoms with E-state index in [1.54, 1.807) is 6.07 Å². The Hall–Kier alpha value is -1.42. The van der Waals surface area contributed by atoms with Gasteiger partial charge in [0.25, 0.3) is 0 Å². The fraction of sp³-hybridized carbons (Fsp3) is 0.611. The first-order chi connectivity index (χ1) is 10.6. The number of amides is 1. The molecule has 120 valence electrons. The maximum absolute atomic E-state index is 13.6. The van der Waals surface area contributed by atoms with Crippen LogP contribution in [0.3, 0.4) is 0 Å². The van der Waals surface area contributed by atoms with Crippen LogP contribution in [0.2, 0.25) is 0 Å². The van der Waals surface area contributed by atoms with Gasteiger partial charge in [0.2, 0.25) is 5.91 Å². The third-order valence-electron chi connectivity index (χ3n) is 5.41. The van der Waals surface area contributed by atoms with Crippen LogP contribution < -0.4 is 5.32 Å². The molecule has 0 unspecified atom stereocenters. The molecule has 4 heteroatoms. The molecule has 0 radical (unpaired) electrons. The molecule has 22 heavy (non-hydrogen) atoms. The van der Waals surface area contributed by atoms with Gasteiger partial charge >= 0.3 is 0 Å². The summed E-state index contributed by atoms with van der Waals surface area (Å²) >= 11 is 0. The second kappa shape index (κ2) is 6.37. The van der Waals surface area contributed by atoms with Gasteiger partial charge in [-0.25, -0.2) is 4.39 Å². The number of rotatable bonds is 4. The van der Waals surface area contributed by atoms with Crippen molar-refractivity contribution in [3.05, 3.63) is 35.6 Å². The van der Waals surface area contributed by atoms with E-state index in [2.05, 4.69) is 5.32 Å². The smallest absolute Gasteiger partial charge is 0.230 e. The van der Waals surface area contributed by atoms with Crippen LogP contribution in [0.1, 0.15) is 50.5 Å². The van der Waals surface area contributed by atoms with Crippen LogP contribution in [0.15, 0.2) is 24.3 Å². The van der Waals surface area contributed by atoms with Crippen LogP contribution in [0.4, 0.5) is 4.39 Å². The first-order valence-electron chi connectivity index (χ1n) is 8.34. The summed E-state index contributed by atoms with van der Waals surface area (Å²) in [5.41, 5.74) is 0.195. The predicted molar refractivity (Wildman–Crippen MR) is 82.9 cm³/mol. The van der Waals surface area contributed by atoms with Gasteiger partial charge in [-0.3, -0.25) is 4.79 Å². The summed E-state index contributed by atoms with van der Waals surface area (Å²) in [6.07, 6.45) is 6.06. The molecule has 2 N–H and O–H groups in total. The number of hydrogen-bond donors (Lipinski definition) is 2. The topological polar surface area (TPSA) is 49.3 Å². The minimum Gasteiger partial charge on any atom is -0.393 e. The van der Waals surface area contributed by atoms with Gasteiger partial charge in [0, 0.05) is 12.5 Å². The van der Waals surface area contributed by atoms with Crippen molar-refractivity contribution in [2.24, 2.45) is 5.92 Å². The van der Waals surface area contributed by atoms with Gasteiger partial charge in [-0.1, -0.05) is 31.4 Å². The lowest BCUT2D eigenvalue weighted by molar-refractivity contribution is -0.127. The number of nitrogens with one attached hydrogen (secondary N) is 1. The highest BCUT2D eigenvalue weighted by Gasteiger charge is 2.43. The van der Waals surface area contributed by atoms with E-state index in [0.29, 0.717) is 6.54 Å². The number of carbonyl (C=O) groups is 1. The van der Waals surface area contributed by atoms with Gasteiger partial charge in [0.15, 0.2) is 0 Å². The lowest BCUT2D eigenvalue weighted by Crippen LogP contribution is -2.45. The number of carbonyl (C=O) groups excluding carboxylic acids is 1. The summed E-state index contributed by atoms with van der Waals surface area (Å²) in [7, 11) is 0. The number of aliphatic hydroxyl groups excluding tert-OH is 1. The Balaban J connectivity index is 1.74. The van der Waals surface area contributed by atoms with Crippen LogP contribution in [-0.2, 0) is 10.2 Å². The van der Waals surface area contributed by atoms with Gasteiger partial charge < -0.3 is 10.4 Å². The lowest BCUT2D eigenvalue weighted by Gasteiger charge is -2.29. The molecule has 2 fully saturated rings. The Bertz CT molecular complexity index is 540. The maximum atomic E-state index is 13.6. The molecule has 1 aromatic carbocycles. The molecular weight excluding hydrogens is 281 g/mol. The van der Waals surface area contributed by atoms with E-state index in [9.17, 15) is 14.3 Å². The van der Waals surface area contributed by atoms with E-state index in [-0.39, 0.29) is 23.7 Å². The quantitative estimate of drug-likeness (QED) is 0.898. The molecule has 0 bridgehead atoms. The van der Waals surface area contributed by atoms with Gasteiger partial charge in [0.1, 0.15) is 5.82 Å². The predicted octanol–water partition coefficient (Wildman–Crippen LogP) is 2.91. The summed E-state index contributed by atoms with van der Waals surface area (Å²) in [5, 5.41) is 12.9. The molecule has 2 atom stereocenters. The fourth-order valence-electron chi connectivity index (χ4n) is 4.06. The molecule has 0 saturated heterocycles. The minimum atomic E-state index is -0.592. The first-order valence-corrected chi connectivity index (χ1v) is 8.34. The molecule has 1 amide bonds. The third-order valence-corrected chi connectivity index (χ3v) is 5.41. The van der Waals surface area contributed by atoms with Crippen molar-refractivity contribution in [1.82, 2.24) is 5.32 Å². The van der Waals surface area contributed by atoms with E-state index < -0.39 is 5.41 Å². The Labute approximate surface area is 130 Å². The van der Waals surface area contributed by atoms with E-state index >= 15 is 0 Å². The zero-order valence-corrected chi connectivity index (χ0v) is 12.9. The van der Waals surface area contributed by atoms with Crippen molar-refractivity contribution >= 4 is 5.91 Å². The molecule has 0 aromatic heterocycles. The average Bonchev–Trinajstić information content (AvgIpc) is 3.15. The average molecular weight is 305 g/mol. The van der Waals surface area contributed by atoms with Crippen molar-refractivity contribution in [1.29, 1.82) is 0 Å². The SMILES string of the molecule is O=C(NC[C@@H]1CCC[C@@H]1O)C1(c2cccc(F)c2)CCCC1. The fourth-order valence-corrected chi connectivity index (χ4v) is 4.06. The molecule has 0 aliphatic heterocycles. The van der Waals surface area contributed by atoms with Crippen molar-refractivity contribution < 1.29 is 14.3 Å². The maximum Gasteiger partial charge on any atom is 0.230 e. The molecule has 0 heterocycles. The third kappa shape index (κ3) is 2.89. The Morgan fingerprint density at radius 3 is 2.68 bits per heavy atom. The molecule has 1 aromatic rings. The molecule has 3 nitrogen and oxygen atoms in total. The molecule has 2 aliphatic rings. The highest BCUT2D eigenvalue weighted by molar-refractivity contribution is 5.88. The van der Waals surface area contributed by atoms with Gasteiger partial charge in [-0.15, -0.1) is 0 Å². The summed E-state index contributed by atoms with van der Waals surface area (Å²) in [4.78, 5) is 12.8. The summed E-state index contributed by atoms with van der Waals surface area (Å²) < 4.78 is 13.6. The van der Waals surface area contributed by atoms with E-state index in [1.807, 2.05) is 6.07 Å². The largest absolute Gasteiger partial charge is 0.393 e. The van der Waals surface area contributed by atoms with Crippen LogP contribution in [0, 0.1) is 11.7 Å². The standard InChI is InChI=1S/C18H24FNO2/c19-15-7-4-6-14(11-15)18(9-1-2-10-18)17(22)20-12-13-5-3-8-16(13)21/h4,6-7,11,13,16,21H,1-3,5,8-10,12H2,(H,20,22)/t13-,16-/m0/s1. The Morgan fingerprint density at radius 2 is 2.05 bits per heavy atom. The highest BCUT2D eigenvalue weighted by atomic mass is 19.1. The first kappa shape index (κ1) is 15.5. The van der Waals surface area contributed by atoms with Crippen LogP contribution in [-0.4, -0.2) is 23.7 Å². The minimum absolute atomic E-state index is 0.00491. The number of aliphatic hydroxyl groups is 1. The van der Waals surface area contributed by atoms with Gasteiger partial charge in [0.05, 0.1) is 11.5 Å². The molecule has 2 aliphatic carbocycles.